The summed E-state index contributed by atoms with van der Waals surface area (Å²) in [6, 6.07) is 18.5. The highest BCUT2D eigenvalue weighted by Crippen LogP contribution is 2.20. The Labute approximate surface area is 190 Å². The molecule has 0 aliphatic rings. The van der Waals surface area contributed by atoms with Crippen LogP contribution in [-0.4, -0.2) is 37.3 Å². The van der Waals surface area contributed by atoms with E-state index in [2.05, 4.69) is 15.8 Å². The van der Waals surface area contributed by atoms with E-state index in [4.69, 9.17) is 0 Å². The SMILES string of the molecule is CC(=O)Nc1ccc(S(=O)(=O)N(CC(=O)N/N=C/c2cccs2)Cc2ccccc2)cc1. The molecule has 166 valence electrons. The molecule has 3 aromatic rings. The maximum absolute atomic E-state index is 13.3. The van der Waals surface area contributed by atoms with Gasteiger partial charge in [0.25, 0.3) is 5.91 Å². The van der Waals surface area contributed by atoms with Gasteiger partial charge in [-0.15, -0.1) is 11.3 Å². The van der Waals surface area contributed by atoms with E-state index in [0.717, 1.165) is 14.7 Å². The Balaban J connectivity index is 1.79. The van der Waals surface area contributed by atoms with Gasteiger partial charge in [0.05, 0.1) is 17.7 Å². The molecule has 0 aliphatic heterocycles. The van der Waals surface area contributed by atoms with Gasteiger partial charge in [-0.2, -0.15) is 9.41 Å². The van der Waals surface area contributed by atoms with Crippen molar-refractivity contribution in [3.8, 4) is 0 Å². The number of nitrogens with zero attached hydrogens (tertiary/aromatic N) is 2. The summed E-state index contributed by atoms with van der Waals surface area (Å²) >= 11 is 1.46. The fourth-order valence-electron chi connectivity index (χ4n) is 2.80. The van der Waals surface area contributed by atoms with Crippen LogP contribution in [0.2, 0.25) is 0 Å². The molecule has 0 unspecified atom stereocenters. The average Bonchev–Trinajstić information content (AvgIpc) is 3.27. The zero-order chi connectivity index (χ0) is 23.0. The Bertz CT molecular complexity index is 1180. The van der Waals surface area contributed by atoms with Crippen molar-refractivity contribution in [3.63, 3.8) is 0 Å². The first-order valence-corrected chi connectivity index (χ1v) is 11.9. The molecule has 2 amide bonds. The first-order valence-electron chi connectivity index (χ1n) is 9.62. The van der Waals surface area contributed by atoms with Crippen LogP contribution < -0.4 is 10.7 Å². The zero-order valence-corrected chi connectivity index (χ0v) is 18.9. The van der Waals surface area contributed by atoms with Crippen molar-refractivity contribution in [2.24, 2.45) is 5.10 Å². The van der Waals surface area contributed by atoms with Crippen LogP contribution in [0, 0.1) is 0 Å². The number of hydrogen-bond acceptors (Lipinski definition) is 6. The Morgan fingerprint density at radius 3 is 2.38 bits per heavy atom. The predicted molar refractivity (Wildman–Crippen MR) is 125 cm³/mol. The summed E-state index contributed by atoms with van der Waals surface area (Å²) in [6.07, 6.45) is 1.50. The summed E-state index contributed by atoms with van der Waals surface area (Å²) in [5.74, 6) is -0.821. The second-order valence-corrected chi connectivity index (χ2v) is 9.69. The minimum Gasteiger partial charge on any atom is -0.326 e. The minimum atomic E-state index is -4.00. The van der Waals surface area contributed by atoms with Crippen molar-refractivity contribution < 1.29 is 18.0 Å². The summed E-state index contributed by atoms with van der Waals surface area (Å²) in [4.78, 5) is 24.5. The normalized spacial score (nSPS) is 11.6. The predicted octanol–water partition coefficient (Wildman–Crippen LogP) is 3.05. The summed E-state index contributed by atoms with van der Waals surface area (Å²) in [5, 5.41) is 8.37. The van der Waals surface area contributed by atoms with E-state index in [1.165, 1.54) is 48.7 Å². The Morgan fingerprint density at radius 2 is 1.75 bits per heavy atom. The highest BCUT2D eigenvalue weighted by atomic mass is 32.2. The zero-order valence-electron chi connectivity index (χ0n) is 17.3. The van der Waals surface area contributed by atoms with Gasteiger partial charge in [0, 0.05) is 24.0 Å². The summed E-state index contributed by atoms with van der Waals surface area (Å²) in [5.41, 5.74) is 3.59. The summed E-state index contributed by atoms with van der Waals surface area (Å²) in [7, 11) is -4.00. The maximum Gasteiger partial charge on any atom is 0.255 e. The molecule has 0 fully saturated rings. The lowest BCUT2D eigenvalue weighted by molar-refractivity contribution is -0.121. The van der Waals surface area contributed by atoms with E-state index < -0.39 is 22.5 Å². The Kier molecular flexibility index (Phi) is 7.87. The van der Waals surface area contributed by atoms with Gasteiger partial charge in [-0.05, 0) is 41.3 Å². The third-order valence-corrected chi connectivity index (χ3v) is 6.87. The molecule has 8 nitrogen and oxygen atoms in total. The fourth-order valence-corrected chi connectivity index (χ4v) is 4.77. The van der Waals surface area contributed by atoms with Crippen molar-refractivity contribution in [1.29, 1.82) is 0 Å². The van der Waals surface area contributed by atoms with Gasteiger partial charge >= 0.3 is 0 Å². The standard InChI is InChI=1S/C22H22N4O4S2/c1-17(27)24-19-9-11-21(12-10-19)32(29,30)26(15-18-6-3-2-4-7-18)16-22(28)25-23-14-20-8-5-13-31-20/h2-14H,15-16H2,1H3,(H,24,27)(H,25,28)/b23-14+. The quantitative estimate of drug-likeness (QED) is 0.370. The first-order chi connectivity index (χ1) is 15.3. The Hall–Kier alpha value is -3.34. The Morgan fingerprint density at radius 1 is 1.03 bits per heavy atom. The minimum absolute atomic E-state index is 0.0115. The number of hydrazone groups is 1. The van der Waals surface area contributed by atoms with Crippen LogP contribution in [0.1, 0.15) is 17.4 Å². The number of carbonyl (C=O) groups excluding carboxylic acids is 2. The number of amides is 2. The van der Waals surface area contributed by atoms with Crippen LogP contribution in [0.25, 0.3) is 0 Å². The lowest BCUT2D eigenvalue weighted by Crippen LogP contribution is -2.39. The molecule has 2 N–H and O–H groups in total. The van der Waals surface area contributed by atoms with Crippen LogP contribution in [0.15, 0.2) is 82.1 Å². The summed E-state index contributed by atoms with van der Waals surface area (Å²) in [6.45, 7) is 0.969. The van der Waals surface area contributed by atoms with Gasteiger partial charge in [0.15, 0.2) is 0 Å². The topological polar surface area (TPSA) is 108 Å². The number of nitrogens with one attached hydrogen (secondary N) is 2. The average molecular weight is 471 g/mol. The molecular weight excluding hydrogens is 448 g/mol. The molecule has 3 rings (SSSR count). The van der Waals surface area contributed by atoms with Crippen LogP contribution >= 0.6 is 11.3 Å². The van der Waals surface area contributed by atoms with Crippen molar-refractivity contribution in [3.05, 3.63) is 82.6 Å². The second kappa shape index (κ2) is 10.8. The highest BCUT2D eigenvalue weighted by Gasteiger charge is 2.27. The van der Waals surface area contributed by atoms with Gasteiger partial charge in [-0.3, -0.25) is 9.59 Å². The highest BCUT2D eigenvalue weighted by molar-refractivity contribution is 7.89. The fraction of sp³-hybridized carbons (Fsp3) is 0.136. The third kappa shape index (κ3) is 6.58. The van der Waals surface area contributed by atoms with Gasteiger partial charge < -0.3 is 5.32 Å². The molecule has 1 aromatic heterocycles. The van der Waals surface area contributed by atoms with Crippen LogP contribution in [-0.2, 0) is 26.2 Å². The van der Waals surface area contributed by atoms with Crippen molar-refractivity contribution in [1.82, 2.24) is 9.73 Å². The van der Waals surface area contributed by atoms with E-state index in [-0.39, 0.29) is 17.3 Å². The van der Waals surface area contributed by atoms with Crippen LogP contribution in [0.3, 0.4) is 0 Å². The summed E-state index contributed by atoms with van der Waals surface area (Å²) < 4.78 is 27.7. The number of carbonyl (C=O) groups is 2. The maximum atomic E-state index is 13.3. The lowest BCUT2D eigenvalue weighted by atomic mass is 10.2. The van der Waals surface area contributed by atoms with E-state index in [1.54, 1.807) is 24.3 Å². The lowest BCUT2D eigenvalue weighted by Gasteiger charge is -2.21. The number of sulfonamides is 1. The van der Waals surface area contributed by atoms with Crippen molar-refractivity contribution >= 4 is 45.1 Å². The molecule has 0 bridgehead atoms. The third-order valence-electron chi connectivity index (χ3n) is 4.26. The molecule has 0 aliphatic carbocycles. The number of benzene rings is 2. The molecule has 0 radical (unpaired) electrons. The van der Waals surface area contributed by atoms with Gasteiger partial charge in [0.1, 0.15) is 0 Å². The monoisotopic (exact) mass is 470 g/mol. The molecule has 2 aromatic carbocycles. The van der Waals surface area contributed by atoms with Gasteiger partial charge in [-0.25, -0.2) is 13.8 Å². The van der Waals surface area contributed by atoms with Crippen LogP contribution in [0.4, 0.5) is 5.69 Å². The van der Waals surface area contributed by atoms with E-state index >= 15 is 0 Å². The van der Waals surface area contributed by atoms with Gasteiger partial charge in [0.2, 0.25) is 15.9 Å². The van der Waals surface area contributed by atoms with E-state index in [0.29, 0.717) is 5.69 Å². The molecule has 0 atom stereocenters. The molecule has 0 saturated heterocycles. The second-order valence-electron chi connectivity index (χ2n) is 6.77. The smallest absolute Gasteiger partial charge is 0.255 e. The van der Waals surface area contributed by atoms with Crippen molar-refractivity contribution in [2.45, 2.75) is 18.4 Å². The van der Waals surface area contributed by atoms with E-state index in [9.17, 15) is 18.0 Å². The molecule has 0 saturated carbocycles. The molecule has 0 spiro atoms. The number of rotatable bonds is 9. The molecule has 1 heterocycles. The first kappa shape index (κ1) is 23.3. The molecule has 32 heavy (non-hydrogen) atoms. The largest absolute Gasteiger partial charge is 0.326 e. The number of thiophene rings is 1. The number of anilines is 1. The van der Waals surface area contributed by atoms with Crippen molar-refractivity contribution in [2.75, 3.05) is 11.9 Å². The van der Waals surface area contributed by atoms with Gasteiger partial charge in [-0.1, -0.05) is 36.4 Å². The van der Waals surface area contributed by atoms with Crippen LogP contribution in [0.5, 0.6) is 0 Å². The van der Waals surface area contributed by atoms with E-state index in [1.807, 2.05) is 23.6 Å². The molecule has 10 heteroatoms. The molecular formula is C22H22N4O4S2. The number of hydrogen-bond donors (Lipinski definition) is 2.